The minimum atomic E-state index is 0.273. The van der Waals surface area contributed by atoms with E-state index in [0.29, 0.717) is 0 Å². The van der Waals surface area contributed by atoms with Gasteiger partial charge in [0, 0.05) is 17.2 Å². The normalized spacial score (nSPS) is 12.5. The number of fused-ring (bicyclic) bond motifs is 3. The van der Waals surface area contributed by atoms with Gasteiger partial charge in [-0.25, -0.2) is 4.57 Å². The van der Waals surface area contributed by atoms with Crippen LogP contribution in [0.15, 0.2) is 72.9 Å². The van der Waals surface area contributed by atoms with Gasteiger partial charge in [-0.05, 0) is 82.7 Å². The first-order valence-electron chi connectivity index (χ1n) is 12.0. The van der Waals surface area contributed by atoms with Crippen LogP contribution < -0.4 is 4.57 Å². The molecule has 5 rings (SSSR count). The minimum absolute atomic E-state index is 0.273. The van der Waals surface area contributed by atoms with Gasteiger partial charge in [-0.2, -0.15) is 0 Å². The standard InChI is InChI=1S/C32H34N/c1-21-16-30(33(6)20-25(21)19-32(3,4)5)27-18-29(23-12-8-7-9-13-23)31-26-15-11-10-14-24(26)17-28(31)22(27)2/h7-16,18,20H,17,19H2,1-6H3/q+1. The van der Waals surface area contributed by atoms with E-state index < -0.39 is 0 Å². The van der Waals surface area contributed by atoms with Crippen LogP contribution in [0.3, 0.4) is 0 Å². The Morgan fingerprint density at radius 1 is 0.818 bits per heavy atom. The summed E-state index contributed by atoms with van der Waals surface area (Å²) in [6, 6.07) is 24.6. The summed E-state index contributed by atoms with van der Waals surface area (Å²) < 4.78 is 2.33. The summed E-state index contributed by atoms with van der Waals surface area (Å²) in [5, 5.41) is 0. The molecule has 0 unspecified atom stereocenters. The Hall–Kier alpha value is -3.19. The Bertz CT molecular complexity index is 1350. The maximum atomic E-state index is 2.43. The van der Waals surface area contributed by atoms with Crippen molar-refractivity contribution in [3.63, 3.8) is 0 Å². The molecule has 0 bridgehead atoms. The molecule has 0 N–H and O–H groups in total. The van der Waals surface area contributed by atoms with Crippen molar-refractivity contribution in [1.82, 2.24) is 0 Å². The molecule has 166 valence electrons. The highest BCUT2D eigenvalue weighted by Gasteiger charge is 2.28. The number of rotatable bonds is 3. The summed E-state index contributed by atoms with van der Waals surface area (Å²) in [5.41, 5.74) is 15.5. The van der Waals surface area contributed by atoms with Crippen LogP contribution in [0.4, 0.5) is 0 Å². The predicted octanol–water partition coefficient (Wildman–Crippen LogP) is 7.62. The van der Waals surface area contributed by atoms with Gasteiger partial charge in [0.25, 0.3) is 0 Å². The third kappa shape index (κ3) is 3.91. The third-order valence-electron chi connectivity index (χ3n) is 7.04. The molecule has 1 aliphatic rings. The van der Waals surface area contributed by atoms with Crippen molar-refractivity contribution >= 4 is 0 Å². The molecule has 1 heterocycles. The van der Waals surface area contributed by atoms with Gasteiger partial charge < -0.3 is 0 Å². The summed E-state index contributed by atoms with van der Waals surface area (Å²) in [5.74, 6) is 0. The molecule has 1 aliphatic carbocycles. The molecule has 0 radical (unpaired) electrons. The first kappa shape index (κ1) is 21.6. The van der Waals surface area contributed by atoms with Gasteiger partial charge in [0.15, 0.2) is 6.20 Å². The molecule has 0 amide bonds. The molecule has 0 spiro atoms. The first-order chi connectivity index (χ1) is 15.7. The quantitative estimate of drug-likeness (QED) is 0.258. The average Bonchev–Trinajstić information content (AvgIpc) is 3.17. The van der Waals surface area contributed by atoms with E-state index >= 15 is 0 Å². The Labute approximate surface area is 198 Å². The van der Waals surface area contributed by atoms with Crippen LogP contribution in [0, 0.1) is 19.3 Å². The van der Waals surface area contributed by atoms with Crippen LogP contribution in [0.1, 0.15) is 48.6 Å². The number of aromatic nitrogens is 1. The zero-order valence-electron chi connectivity index (χ0n) is 20.8. The molecular formula is C32H34N+. The lowest BCUT2D eigenvalue weighted by atomic mass is 9.85. The second-order valence-electron chi connectivity index (χ2n) is 10.9. The molecule has 3 aromatic carbocycles. The molecule has 4 aromatic rings. The average molecular weight is 433 g/mol. The molecule has 1 nitrogen and oxygen atoms in total. The lowest BCUT2D eigenvalue weighted by molar-refractivity contribution is -0.660. The summed E-state index contributed by atoms with van der Waals surface area (Å²) in [6.45, 7) is 11.5. The van der Waals surface area contributed by atoms with E-state index in [9.17, 15) is 0 Å². The number of aryl methyl sites for hydroxylation is 2. The molecule has 0 fully saturated rings. The van der Waals surface area contributed by atoms with Crippen LogP contribution >= 0.6 is 0 Å². The molecule has 1 aromatic heterocycles. The van der Waals surface area contributed by atoms with E-state index in [1.54, 1.807) is 0 Å². The van der Waals surface area contributed by atoms with Gasteiger partial charge >= 0.3 is 0 Å². The van der Waals surface area contributed by atoms with E-state index in [4.69, 9.17) is 0 Å². The Kier molecular flexibility index (Phi) is 5.24. The van der Waals surface area contributed by atoms with Crippen molar-refractivity contribution in [1.29, 1.82) is 0 Å². The van der Waals surface area contributed by atoms with E-state index in [1.807, 2.05) is 0 Å². The zero-order chi connectivity index (χ0) is 23.3. The van der Waals surface area contributed by atoms with E-state index in [2.05, 4.69) is 119 Å². The Morgan fingerprint density at radius 2 is 1.52 bits per heavy atom. The SMILES string of the molecule is Cc1cc(-c2cc(-c3ccccc3)c3c(c2C)Cc2ccccc2-3)[n+](C)cc1CC(C)(C)C. The van der Waals surface area contributed by atoms with Gasteiger partial charge in [-0.3, -0.25) is 0 Å². The van der Waals surface area contributed by atoms with E-state index in [-0.39, 0.29) is 5.41 Å². The lowest BCUT2D eigenvalue weighted by Gasteiger charge is -2.20. The second kappa shape index (κ2) is 7.99. The van der Waals surface area contributed by atoms with Crippen LogP contribution in [-0.4, -0.2) is 0 Å². The van der Waals surface area contributed by atoms with E-state index in [0.717, 1.165) is 12.8 Å². The van der Waals surface area contributed by atoms with Gasteiger partial charge in [0.05, 0.1) is 0 Å². The molecule has 1 heteroatoms. The molecule has 33 heavy (non-hydrogen) atoms. The molecule has 0 atom stereocenters. The predicted molar refractivity (Wildman–Crippen MR) is 139 cm³/mol. The molecule has 0 saturated heterocycles. The highest BCUT2D eigenvalue weighted by Crippen LogP contribution is 2.47. The third-order valence-corrected chi connectivity index (χ3v) is 7.04. The highest BCUT2D eigenvalue weighted by molar-refractivity contribution is 5.94. The van der Waals surface area contributed by atoms with E-state index in [1.165, 1.54) is 61.3 Å². The minimum Gasteiger partial charge on any atom is -0.201 e. The maximum Gasteiger partial charge on any atom is 0.212 e. The number of nitrogens with zero attached hydrogens (tertiary/aromatic N) is 1. The number of benzene rings is 3. The number of hydrogen-bond acceptors (Lipinski definition) is 0. The van der Waals surface area contributed by atoms with Gasteiger partial charge in [-0.15, -0.1) is 0 Å². The topological polar surface area (TPSA) is 3.88 Å². The van der Waals surface area contributed by atoms with Gasteiger partial charge in [0.2, 0.25) is 5.69 Å². The number of pyridine rings is 1. The molecule has 0 aliphatic heterocycles. The molecule has 0 saturated carbocycles. The summed E-state index contributed by atoms with van der Waals surface area (Å²) >= 11 is 0. The fraction of sp³-hybridized carbons (Fsp3) is 0.281. The fourth-order valence-electron chi connectivity index (χ4n) is 5.42. The van der Waals surface area contributed by atoms with Crippen molar-refractivity contribution < 1.29 is 4.57 Å². The van der Waals surface area contributed by atoms with Crippen LogP contribution in [0.5, 0.6) is 0 Å². The van der Waals surface area contributed by atoms with Crippen molar-refractivity contribution in [3.8, 4) is 33.5 Å². The Morgan fingerprint density at radius 3 is 2.24 bits per heavy atom. The van der Waals surface area contributed by atoms with Crippen molar-refractivity contribution in [2.75, 3.05) is 0 Å². The summed E-state index contributed by atoms with van der Waals surface area (Å²) in [6.07, 6.45) is 4.44. The van der Waals surface area contributed by atoms with Crippen LogP contribution in [-0.2, 0) is 19.9 Å². The first-order valence-corrected chi connectivity index (χ1v) is 12.0. The smallest absolute Gasteiger partial charge is 0.201 e. The van der Waals surface area contributed by atoms with Gasteiger partial charge in [-0.1, -0.05) is 75.4 Å². The fourth-order valence-corrected chi connectivity index (χ4v) is 5.42. The lowest BCUT2D eigenvalue weighted by Crippen LogP contribution is -2.32. The van der Waals surface area contributed by atoms with Crippen molar-refractivity contribution in [2.45, 2.75) is 47.5 Å². The summed E-state index contributed by atoms with van der Waals surface area (Å²) in [4.78, 5) is 0. The highest BCUT2D eigenvalue weighted by atomic mass is 14.9. The number of hydrogen-bond donors (Lipinski definition) is 0. The summed E-state index contributed by atoms with van der Waals surface area (Å²) in [7, 11) is 2.20. The second-order valence-corrected chi connectivity index (χ2v) is 10.9. The maximum absolute atomic E-state index is 2.43. The molecular weight excluding hydrogens is 398 g/mol. The zero-order valence-corrected chi connectivity index (χ0v) is 20.8. The van der Waals surface area contributed by atoms with Crippen molar-refractivity contribution in [2.24, 2.45) is 12.5 Å². The monoisotopic (exact) mass is 432 g/mol. The van der Waals surface area contributed by atoms with Crippen molar-refractivity contribution in [3.05, 3.63) is 101 Å². The van der Waals surface area contributed by atoms with Gasteiger partial charge in [0.1, 0.15) is 7.05 Å². The largest absolute Gasteiger partial charge is 0.212 e. The Balaban J connectivity index is 1.75. The van der Waals surface area contributed by atoms with Crippen LogP contribution in [0.2, 0.25) is 0 Å². The van der Waals surface area contributed by atoms with Crippen LogP contribution in [0.25, 0.3) is 33.5 Å².